The van der Waals surface area contributed by atoms with Crippen LogP contribution in [0.3, 0.4) is 0 Å². The predicted molar refractivity (Wildman–Crippen MR) is 38.9 cm³/mol. The second-order valence-electron chi connectivity index (χ2n) is 2.72. The van der Waals surface area contributed by atoms with Crippen LogP contribution in [0.2, 0.25) is 0 Å². The van der Waals surface area contributed by atoms with Crippen molar-refractivity contribution in [2.75, 3.05) is 19.8 Å². The van der Waals surface area contributed by atoms with Gasteiger partial charge >= 0.3 is 0 Å². The normalized spacial score (nSPS) is 24.2. The zero-order chi connectivity index (χ0) is 8.27. The second-order valence-corrected chi connectivity index (χ2v) is 2.72. The van der Waals surface area contributed by atoms with Crippen molar-refractivity contribution in [3.63, 3.8) is 0 Å². The number of carbonyl (C=O) groups is 1. The minimum atomic E-state index is -0.448. The molecule has 0 aromatic carbocycles. The topological polar surface area (TPSA) is 60.8 Å². The number of carbonyl (C=O) groups excluding carboxylic acids is 1. The maximum atomic E-state index is 10.9. The molecule has 11 heavy (non-hydrogen) atoms. The monoisotopic (exact) mass is 159 g/mol. The highest BCUT2D eigenvalue weighted by Gasteiger charge is 2.26. The summed E-state index contributed by atoms with van der Waals surface area (Å²) in [5, 5.41) is 17.3. The lowest BCUT2D eigenvalue weighted by Gasteiger charge is -2.21. The highest BCUT2D eigenvalue weighted by Crippen LogP contribution is 2.15. The van der Waals surface area contributed by atoms with Crippen LogP contribution in [0.15, 0.2) is 0 Å². The van der Waals surface area contributed by atoms with E-state index in [-0.39, 0.29) is 18.6 Å². The molecule has 0 spiro atoms. The van der Waals surface area contributed by atoms with Crippen LogP contribution in [0.25, 0.3) is 0 Å². The fraction of sp³-hybridized carbons (Fsp3) is 0.857. The van der Waals surface area contributed by atoms with E-state index in [0.717, 1.165) is 12.8 Å². The molecule has 0 aromatic heterocycles. The van der Waals surface area contributed by atoms with E-state index < -0.39 is 6.61 Å². The quantitative estimate of drug-likeness (QED) is 0.541. The molecule has 1 atom stereocenters. The highest BCUT2D eigenvalue weighted by molar-refractivity contribution is 5.77. The zero-order valence-corrected chi connectivity index (χ0v) is 6.36. The Morgan fingerprint density at radius 3 is 2.82 bits per heavy atom. The Morgan fingerprint density at radius 2 is 2.27 bits per heavy atom. The van der Waals surface area contributed by atoms with Gasteiger partial charge in [0.2, 0.25) is 5.91 Å². The van der Waals surface area contributed by atoms with Crippen LogP contribution in [-0.2, 0) is 4.79 Å². The first-order valence-electron chi connectivity index (χ1n) is 3.80. The molecule has 0 aliphatic carbocycles. The first kappa shape index (κ1) is 8.49. The average molecular weight is 159 g/mol. The van der Waals surface area contributed by atoms with Gasteiger partial charge in [-0.3, -0.25) is 4.79 Å². The van der Waals surface area contributed by atoms with E-state index in [1.807, 2.05) is 0 Å². The molecule has 2 N–H and O–H groups in total. The number of nitrogens with zero attached hydrogens (tertiary/aromatic N) is 1. The molecule has 1 heterocycles. The Kier molecular flexibility index (Phi) is 2.84. The summed E-state index contributed by atoms with van der Waals surface area (Å²) >= 11 is 0. The van der Waals surface area contributed by atoms with Crippen molar-refractivity contribution in [2.24, 2.45) is 0 Å². The summed E-state index contributed by atoms with van der Waals surface area (Å²) in [5.74, 6) is -0.276. The molecule has 4 heteroatoms. The first-order chi connectivity index (χ1) is 5.29. The molecule has 1 fully saturated rings. The van der Waals surface area contributed by atoms with Gasteiger partial charge in [0.05, 0.1) is 12.6 Å². The van der Waals surface area contributed by atoms with Gasteiger partial charge in [0.15, 0.2) is 0 Å². The molecule has 0 bridgehead atoms. The van der Waals surface area contributed by atoms with Gasteiger partial charge in [-0.2, -0.15) is 0 Å². The third-order valence-electron chi connectivity index (χ3n) is 2.04. The maximum absolute atomic E-state index is 10.9. The Balaban J connectivity index is 2.49. The molecule has 1 rings (SSSR count). The summed E-state index contributed by atoms with van der Waals surface area (Å²) in [4.78, 5) is 12.5. The summed E-state index contributed by atoms with van der Waals surface area (Å²) in [6.45, 7) is 0.229. The van der Waals surface area contributed by atoms with Crippen LogP contribution >= 0.6 is 0 Å². The van der Waals surface area contributed by atoms with Gasteiger partial charge in [-0.1, -0.05) is 0 Å². The van der Waals surface area contributed by atoms with Crippen LogP contribution in [-0.4, -0.2) is 46.8 Å². The molecule has 0 saturated carbocycles. The highest BCUT2D eigenvalue weighted by atomic mass is 16.3. The molecule has 0 aromatic rings. The molecule has 1 amide bonds. The fourth-order valence-corrected chi connectivity index (χ4v) is 1.44. The smallest absolute Gasteiger partial charge is 0.248 e. The molecule has 1 aliphatic rings. The number of amides is 1. The molecular formula is C7H13NO3. The van der Waals surface area contributed by atoms with E-state index >= 15 is 0 Å². The molecule has 1 saturated heterocycles. The summed E-state index contributed by atoms with van der Waals surface area (Å²) in [6.07, 6.45) is 1.78. The zero-order valence-electron chi connectivity index (χ0n) is 6.36. The van der Waals surface area contributed by atoms with Gasteiger partial charge < -0.3 is 15.1 Å². The van der Waals surface area contributed by atoms with E-state index in [4.69, 9.17) is 10.2 Å². The van der Waals surface area contributed by atoms with Gasteiger partial charge in [0, 0.05) is 6.54 Å². The van der Waals surface area contributed by atoms with Gasteiger partial charge in [0.25, 0.3) is 0 Å². The number of likely N-dealkylation sites (tertiary alicyclic amines) is 1. The molecule has 0 radical (unpaired) electrons. The van der Waals surface area contributed by atoms with Crippen molar-refractivity contribution in [3.05, 3.63) is 0 Å². The van der Waals surface area contributed by atoms with Gasteiger partial charge in [-0.15, -0.1) is 0 Å². The van der Waals surface area contributed by atoms with Crippen molar-refractivity contribution in [3.8, 4) is 0 Å². The second kappa shape index (κ2) is 3.69. The van der Waals surface area contributed by atoms with E-state index in [2.05, 4.69) is 0 Å². The summed E-state index contributed by atoms with van der Waals surface area (Å²) < 4.78 is 0. The predicted octanol–water partition coefficient (Wildman–Crippen LogP) is -1.04. The third kappa shape index (κ3) is 1.70. The van der Waals surface area contributed by atoms with E-state index in [1.54, 1.807) is 4.90 Å². The largest absolute Gasteiger partial charge is 0.394 e. The van der Waals surface area contributed by atoms with Crippen LogP contribution in [0, 0.1) is 0 Å². The first-order valence-corrected chi connectivity index (χ1v) is 3.80. The molecule has 4 nitrogen and oxygen atoms in total. The van der Waals surface area contributed by atoms with Crippen LogP contribution in [0.5, 0.6) is 0 Å². The fourth-order valence-electron chi connectivity index (χ4n) is 1.44. The average Bonchev–Trinajstić information content (AvgIpc) is 2.50. The number of aliphatic hydroxyl groups excluding tert-OH is 2. The molecular weight excluding hydrogens is 146 g/mol. The minimum Gasteiger partial charge on any atom is -0.394 e. The minimum absolute atomic E-state index is 0.00569. The van der Waals surface area contributed by atoms with Crippen LogP contribution in [0.1, 0.15) is 12.8 Å². The summed E-state index contributed by atoms with van der Waals surface area (Å²) in [6, 6.07) is -0.0605. The Morgan fingerprint density at radius 1 is 1.55 bits per heavy atom. The molecule has 64 valence electrons. The van der Waals surface area contributed by atoms with Crippen molar-refractivity contribution < 1.29 is 15.0 Å². The SMILES string of the molecule is O=C(CO)N1CCCC1CO. The number of rotatable bonds is 2. The Hall–Kier alpha value is -0.610. The lowest BCUT2D eigenvalue weighted by molar-refractivity contribution is -0.135. The van der Waals surface area contributed by atoms with E-state index in [1.165, 1.54) is 0 Å². The van der Waals surface area contributed by atoms with Crippen molar-refractivity contribution in [1.29, 1.82) is 0 Å². The number of hydrogen-bond donors (Lipinski definition) is 2. The van der Waals surface area contributed by atoms with Gasteiger partial charge in [-0.25, -0.2) is 0 Å². The lowest BCUT2D eigenvalue weighted by Crippen LogP contribution is -2.39. The van der Waals surface area contributed by atoms with Crippen LogP contribution in [0.4, 0.5) is 0 Å². The van der Waals surface area contributed by atoms with Crippen molar-refractivity contribution >= 4 is 5.91 Å². The molecule has 1 unspecified atom stereocenters. The summed E-state index contributed by atoms with van der Waals surface area (Å²) in [5.41, 5.74) is 0. The number of aliphatic hydroxyl groups is 2. The number of hydrogen-bond acceptors (Lipinski definition) is 3. The molecule has 1 aliphatic heterocycles. The lowest BCUT2D eigenvalue weighted by atomic mass is 10.2. The standard InChI is InChI=1S/C7H13NO3/c9-4-6-2-1-3-8(6)7(11)5-10/h6,9-10H,1-5H2. The van der Waals surface area contributed by atoms with Crippen LogP contribution < -0.4 is 0 Å². The van der Waals surface area contributed by atoms with E-state index in [9.17, 15) is 4.79 Å². The maximum Gasteiger partial charge on any atom is 0.248 e. The van der Waals surface area contributed by atoms with Gasteiger partial charge in [-0.05, 0) is 12.8 Å². The van der Waals surface area contributed by atoms with Gasteiger partial charge in [0.1, 0.15) is 6.61 Å². The Bertz CT molecular complexity index is 149. The van der Waals surface area contributed by atoms with Crippen molar-refractivity contribution in [1.82, 2.24) is 4.90 Å². The van der Waals surface area contributed by atoms with Crippen molar-refractivity contribution in [2.45, 2.75) is 18.9 Å². The Labute approximate surface area is 65.4 Å². The van der Waals surface area contributed by atoms with E-state index in [0.29, 0.717) is 6.54 Å². The summed E-state index contributed by atoms with van der Waals surface area (Å²) in [7, 11) is 0. The third-order valence-corrected chi connectivity index (χ3v) is 2.04.